The highest BCUT2D eigenvalue weighted by atomic mass is 16.5. The van der Waals surface area contributed by atoms with Gasteiger partial charge >= 0.3 is 0 Å². The fourth-order valence-electron chi connectivity index (χ4n) is 3.70. The number of aromatic nitrogens is 1. The predicted molar refractivity (Wildman–Crippen MR) is 93.6 cm³/mol. The van der Waals surface area contributed by atoms with Crippen LogP contribution in [0.1, 0.15) is 22.3 Å². The Morgan fingerprint density at radius 3 is 3.00 bits per heavy atom. The minimum Gasteiger partial charge on any atom is -0.492 e. The summed E-state index contributed by atoms with van der Waals surface area (Å²) in [5.74, 6) is 1.16. The van der Waals surface area contributed by atoms with Gasteiger partial charge in [-0.05, 0) is 37.6 Å². The van der Waals surface area contributed by atoms with Crippen LogP contribution in [-0.4, -0.2) is 47.7 Å². The van der Waals surface area contributed by atoms with Crippen LogP contribution in [0.2, 0.25) is 0 Å². The van der Waals surface area contributed by atoms with E-state index in [2.05, 4.69) is 4.98 Å². The summed E-state index contributed by atoms with van der Waals surface area (Å²) in [4.78, 5) is 18.6. The number of hydrogen-bond donors (Lipinski definition) is 0. The van der Waals surface area contributed by atoms with Crippen LogP contribution in [0.3, 0.4) is 0 Å². The topological polar surface area (TPSA) is 51.7 Å². The van der Waals surface area contributed by atoms with E-state index in [1.165, 1.54) is 0 Å². The zero-order chi connectivity index (χ0) is 17.3. The van der Waals surface area contributed by atoms with Crippen molar-refractivity contribution in [2.45, 2.75) is 18.9 Å². The first-order valence-electron chi connectivity index (χ1n) is 8.69. The molecule has 1 aromatic carbocycles. The molecule has 0 saturated carbocycles. The van der Waals surface area contributed by atoms with Crippen molar-refractivity contribution in [1.29, 1.82) is 0 Å². The number of benzene rings is 1. The molecule has 1 amide bonds. The second kappa shape index (κ2) is 6.48. The predicted octanol–water partition coefficient (Wildman–Crippen LogP) is 2.70. The summed E-state index contributed by atoms with van der Waals surface area (Å²) in [5.41, 5.74) is 1.60. The number of amides is 1. The first-order valence-corrected chi connectivity index (χ1v) is 8.69. The fourth-order valence-corrected chi connectivity index (χ4v) is 3.70. The Balaban J connectivity index is 1.38. The summed E-state index contributed by atoms with van der Waals surface area (Å²) in [5, 5.41) is 0. The van der Waals surface area contributed by atoms with Crippen molar-refractivity contribution in [2.75, 3.05) is 26.3 Å². The molecular formula is C20H22N2O3. The molecule has 2 fully saturated rings. The maximum absolute atomic E-state index is 12.6. The lowest BCUT2D eigenvalue weighted by molar-refractivity contribution is -0.122. The lowest BCUT2D eigenvalue weighted by Gasteiger charge is -2.50. The number of carbonyl (C=O) groups is 1. The smallest absolute Gasteiger partial charge is 0.254 e. The van der Waals surface area contributed by atoms with Crippen molar-refractivity contribution in [1.82, 2.24) is 9.88 Å². The van der Waals surface area contributed by atoms with Crippen molar-refractivity contribution < 1.29 is 14.3 Å². The van der Waals surface area contributed by atoms with E-state index in [0.29, 0.717) is 25.6 Å². The number of hydrogen-bond acceptors (Lipinski definition) is 4. The van der Waals surface area contributed by atoms with Gasteiger partial charge in [0.2, 0.25) is 0 Å². The van der Waals surface area contributed by atoms with Crippen molar-refractivity contribution >= 4 is 5.91 Å². The summed E-state index contributed by atoms with van der Waals surface area (Å²) >= 11 is 0. The van der Waals surface area contributed by atoms with Crippen molar-refractivity contribution in [3.63, 3.8) is 0 Å². The van der Waals surface area contributed by atoms with Gasteiger partial charge in [0.1, 0.15) is 11.4 Å². The first kappa shape index (κ1) is 16.1. The summed E-state index contributed by atoms with van der Waals surface area (Å²) in [6.45, 7) is 4.60. The van der Waals surface area contributed by atoms with Crippen LogP contribution in [0.4, 0.5) is 0 Å². The molecule has 1 atom stereocenters. The van der Waals surface area contributed by atoms with E-state index < -0.39 is 0 Å². The van der Waals surface area contributed by atoms with Crippen LogP contribution in [0.25, 0.3) is 0 Å². The van der Waals surface area contributed by atoms with Crippen molar-refractivity contribution in [3.05, 3.63) is 59.9 Å². The maximum Gasteiger partial charge on any atom is 0.254 e. The highest BCUT2D eigenvalue weighted by Crippen LogP contribution is 2.40. The van der Waals surface area contributed by atoms with Gasteiger partial charge in [0.15, 0.2) is 0 Å². The van der Waals surface area contributed by atoms with E-state index in [4.69, 9.17) is 9.47 Å². The number of ether oxygens (including phenoxy) is 2. The molecule has 0 bridgehead atoms. The standard InChI is InChI=1S/C20H22N2O3/c1-15-4-2-5-16(10-15)19(23)22-13-20(14-22)17(7-9-25-20)12-24-18-6-3-8-21-11-18/h2-6,8,10-11,17H,7,9,12-14H2,1H3/t17-/m0/s1. The third kappa shape index (κ3) is 3.12. The van der Waals surface area contributed by atoms with Gasteiger partial charge in [-0.2, -0.15) is 0 Å². The van der Waals surface area contributed by atoms with E-state index in [1.54, 1.807) is 12.4 Å². The van der Waals surface area contributed by atoms with Gasteiger partial charge in [-0.1, -0.05) is 17.7 Å². The van der Waals surface area contributed by atoms with Gasteiger partial charge in [-0.15, -0.1) is 0 Å². The zero-order valence-corrected chi connectivity index (χ0v) is 14.4. The normalized spacial score (nSPS) is 21.2. The zero-order valence-electron chi connectivity index (χ0n) is 14.4. The summed E-state index contributed by atoms with van der Waals surface area (Å²) in [6, 6.07) is 11.5. The molecule has 5 nitrogen and oxygen atoms in total. The second-order valence-electron chi connectivity index (χ2n) is 6.93. The third-order valence-corrected chi connectivity index (χ3v) is 5.15. The summed E-state index contributed by atoms with van der Waals surface area (Å²) in [6.07, 6.45) is 4.41. The molecule has 0 unspecified atom stereocenters. The number of pyridine rings is 1. The molecule has 1 spiro atoms. The molecule has 0 aliphatic carbocycles. The monoisotopic (exact) mass is 338 g/mol. The molecule has 2 saturated heterocycles. The molecular weight excluding hydrogens is 316 g/mol. The second-order valence-corrected chi connectivity index (χ2v) is 6.93. The van der Waals surface area contributed by atoms with Gasteiger partial charge in [0, 0.05) is 24.3 Å². The minimum absolute atomic E-state index is 0.0803. The Morgan fingerprint density at radius 1 is 1.36 bits per heavy atom. The highest BCUT2D eigenvalue weighted by Gasteiger charge is 2.54. The lowest BCUT2D eigenvalue weighted by Crippen LogP contribution is -2.66. The average Bonchev–Trinajstić information content (AvgIpc) is 3.03. The Bertz CT molecular complexity index is 757. The van der Waals surface area contributed by atoms with Crippen LogP contribution in [-0.2, 0) is 4.74 Å². The number of carbonyl (C=O) groups excluding carboxylic acids is 1. The van der Waals surface area contributed by atoms with Crippen molar-refractivity contribution in [2.24, 2.45) is 5.92 Å². The highest BCUT2D eigenvalue weighted by molar-refractivity contribution is 5.95. The largest absolute Gasteiger partial charge is 0.492 e. The molecule has 130 valence electrons. The van der Waals surface area contributed by atoms with Gasteiger partial charge in [-0.25, -0.2) is 0 Å². The molecule has 5 heteroatoms. The van der Waals surface area contributed by atoms with Gasteiger partial charge in [0.25, 0.3) is 5.91 Å². The summed E-state index contributed by atoms with van der Waals surface area (Å²) in [7, 11) is 0. The summed E-state index contributed by atoms with van der Waals surface area (Å²) < 4.78 is 11.9. The van der Waals surface area contributed by atoms with Crippen LogP contribution in [0.5, 0.6) is 5.75 Å². The molecule has 2 aliphatic rings. The van der Waals surface area contributed by atoms with E-state index in [0.717, 1.165) is 29.9 Å². The number of rotatable bonds is 4. The molecule has 1 aromatic heterocycles. The number of aryl methyl sites for hydroxylation is 1. The molecule has 3 heterocycles. The minimum atomic E-state index is -0.248. The quantitative estimate of drug-likeness (QED) is 0.860. The molecule has 4 rings (SSSR count). The molecule has 25 heavy (non-hydrogen) atoms. The maximum atomic E-state index is 12.6. The van der Waals surface area contributed by atoms with E-state index >= 15 is 0 Å². The van der Waals surface area contributed by atoms with Crippen LogP contribution >= 0.6 is 0 Å². The first-order chi connectivity index (χ1) is 12.2. The van der Waals surface area contributed by atoms with E-state index in [-0.39, 0.29) is 11.5 Å². The molecule has 2 aromatic rings. The van der Waals surface area contributed by atoms with Crippen LogP contribution < -0.4 is 4.74 Å². The van der Waals surface area contributed by atoms with E-state index in [1.807, 2.05) is 48.2 Å². The van der Waals surface area contributed by atoms with Crippen LogP contribution in [0.15, 0.2) is 48.8 Å². The van der Waals surface area contributed by atoms with Gasteiger partial charge < -0.3 is 14.4 Å². The lowest BCUT2D eigenvalue weighted by atomic mass is 9.81. The van der Waals surface area contributed by atoms with E-state index in [9.17, 15) is 4.79 Å². The van der Waals surface area contributed by atoms with Gasteiger partial charge in [-0.3, -0.25) is 9.78 Å². The number of likely N-dealkylation sites (tertiary alicyclic amines) is 1. The molecule has 0 N–H and O–H groups in total. The number of nitrogens with zero attached hydrogens (tertiary/aromatic N) is 2. The Hall–Kier alpha value is -2.40. The van der Waals surface area contributed by atoms with Crippen molar-refractivity contribution in [3.8, 4) is 5.75 Å². The third-order valence-electron chi connectivity index (χ3n) is 5.15. The molecule has 0 radical (unpaired) electrons. The SMILES string of the molecule is Cc1cccc(C(=O)N2CC3(C2)OCC[C@H]3COc2cccnc2)c1. The molecule has 2 aliphatic heterocycles. The Labute approximate surface area is 147 Å². The van der Waals surface area contributed by atoms with Gasteiger partial charge in [0.05, 0.1) is 25.9 Å². The van der Waals surface area contributed by atoms with Crippen LogP contribution in [0, 0.1) is 12.8 Å². The Morgan fingerprint density at radius 2 is 2.24 bits per heavy atom. The fraction of sp³-hybridized carbons (Fsp3) is 0.400. The average molecular weight is 338 g/mol. The Kier molecular flexibility index (Phi) is 4.17.